The number of aromatic nitrogens is 2. The minimum atomic E-state index is -0.339. The van der Waals surface area contributed by atoms with E-state index in [1.165, 1.54) is 38.5 Å². The molecule has 1 rings (SSSR count). The highest BCUT2D eigenvalue weighted by molar-refractivity contribution is 5.18. The van der Waals surface area contributed by atoms with Gasteiger partial charge in [-0.05, 0) is 13.3 Å². The van der Waals surface area contributed by atoms with Crippen LogP contribution in [0, 0.1) is 6.92 Å². The second-order valence-corrected chi connectivity index (χ2v) is 5.23. The molecule has 0 aromatic carbocycles. The Morgan fingerprint density at radius 2 is 1.78 bits per heavy atom. The summed E-state index contributed by atoms with van der Waals surface area (Å²) in [5.74, 6) is 0. The second-order valence-electron chi connectivity index (χ2n) is 5.23. The van der Waals surface area contributed by atoms with Gasteiger partial charge in [0.15, 0.2) is 0 Å². The molecule has 18 heavy (non-hydrogen) atoms. The number of hydrogen-bond donors (Lipinski definition) is 1. The number of hydrogen-bond acceptors (Lipinski definition) is 2. The molecule has 1 aromatic heterocycles. The molecule has 0 fully saturated rings. The third-order valence-electron chi connectivity index (χ3n) is 3.71. The van der Waals surface area contributed by atoms with Crippen molar-refractivity contribution in [1.29, 1.82) is 0 Å². The number of unbranched alkanes of at least 4 members (excludes halogenated alkanes) is 6. The zero-order valence-electron chi connectivity index (χ0n) is 12.2. The van der Waals surface area contributed by atoms with Crippen molar-refractivity contribution in [3.63, 3.8) is 0 Å². The molecule has 1 atom stereocenters. The lowest BCUT2D eigenvalue weighted by atomic mass is 10.0. The van der Waals surface area contributed by atoms with Gasteiger partial charge in [-0.1, -0.05) is 51.9 Å². The molecule has 0 aliphatic heterocycles. The van der Waals surface area contributed by atoms with Crippen LogP contribution < -0.4 is 0 Å². The fraction of sp³-hybridized carbons (Fsp3) is 0.800. The summed E-state index contributed by atoms with van der Waals surface area (Å²) in [7, 11) is 1.92. The van der Waals surface area contributed by atoms with Crippen LogP contribution in [-0.2, 0) is 7.05 Å². The van der Waals surface area contributed by atoms with Crippen LogP contribution in [0.5, 0.6) is 0 Å². The molecule has 1 unspecified atom stereocenters. The van der Waals surface area contributed by atoms with Crippen molar-refractivity contribution in [2.24, 2.45) is 7.05 Å². The first-order valence-electron chi connectivity index (χ1n) is 7.33. The summed E-state index contributed by atoms with van der Waals surface area (Å²) < 4.78 is 1.82. The van der Waals surface area contributed by atoms with Gasteiger partial charge in [0.05, 0.1) is 12.3 Å². The van der Waals surface area contributed by atoms with Crippen LogP contribution in [-0.4, -0.2) is 14.9 Å². The van der Waals surface area contributed by atoms with Crippen molar-refractivity contribution in [2.75, 3.05) is 0 Å². The van der Waals surface area contributed by atoms with Gasteiger partial charge >= 0.3 is 0 Å². The smallest absolute Gasteiger partial charge is 0.0823 e. The summed E-state index contributed by atoms with van der Waals surface area (Å²) in [6.07, 6.45) is 11.3. The lowest BCUT2D eigenvalue weighted by Gasteiger charge is -2.10. The number of rotatable bonds is 9. The molecule has 1 aromatic rings. The predicted octanol–water partition coefficient (Wildman–Crippen LogP) is 3.90. The van der Waals surface area contributed by atoms with Gasteiger partial charge in [0, 0.05) is 18.3 Å². The average Bonchev–Trinajstić information content (AvgIpc) is 2.69. The molecule has 3 heteroatoms. The van der Waals surface area contributed by atoms with Crippen LogP contribution in [0.3, 0.4) is 0 Å². The fourth-order valence-electron chi connectivity index (χ4n) is 2.29. The van der Waals surface area contributed by atoms with E-state index in [-0.39, 0.29) is 6.10 Å². The van der Waals surface area contributed by atoms with Crippen LogP contribution >= 0.6 is 0 Å². The Morgan fingerprint density at radius 1 is 1.17 bits per heavy atom. The van der Waals surface area contributed by atoms with Crippen LogP contribution in [0.25, 0.3) is 0 Å². The number of aryl methyl sites for hydroxylation is 1. The molecule has 0 spiro atoms. The van der Waals surface area contributed by atoms with Crippen LogP contribution in [0.15, 0.2) is 6.20 Å². The summed E-state index contributed by atoms with van der Waals surface area (Å²) in [6, 6.07) is 0. The molecule has 0 aliphatic carbocycles. The molecule has 0 saturated heterocycles. The maximum absolute atomic E-state index is 10.1. The normalized spacial score (nSPS) is 12.9. The van der Waals surface area contributed by atoms with Gasteiger partial charge in [-0.2, -0.15) is 5.10 Å². The first kappa shape index (κ1) is 15.2. The average molecular weight is 252 g/mol. The summed E-state index contributed by atoms with van der Waals surface area (Å²) in [4.78, 5) is 0. The molecule has 104 valence electrons. The molecule has 1 N–H and O–H groups in total. The molecule has 1 heterocycles. The molecular weight excluding hydrogens is 224 g/mol. The zero-order chi connectivity index (χ0) is 13.4. The molecule has 0 aliphatic rings. The highest BCUT2D eigenvalue weighted by Gasteiger charge is 2.12. The Kier molecular flexibility index (Phi) is 7.02. The molecule has 3 nitrogen and oxygen atoms in total. The molecule has 0 bridgehead atoms. The summed E-state index contributed by atoms with van der Waals surface area (Å²) in [5, 5.41) is 14.3. The Balaban J connectivity index is 2.14. The summed E-state index contributed by atoms with van der Waals surface area (Å²) in [6.45, 7) is 4.25. The van der Waals surface area contributed by atoms with Crippen molar-refractivity contribution in [2.45, 2.75) is 71.3 Å². The van der Waals surface area contributed by atoms with E-state index in [2.05, 4.69) is 12.0 Å². The Hall–Kier alpha value is -0.830. The Labute approximate surface area is 111 Å². The van der Waals surface area contributed by atoms with E-state index in [1.54, 1.807) is 6.20 Å². The van der Waals surface area contributed by atoms with Gasteiger partial charge in [-0.25, -0.2) is 0 Å². The van der Waals surface area contributed by atoms with Crippen molar-refractivity contribution in [3.05, 3.63) is 17.5 Å². The lowest BCUT2D eigenvalue weighted by molar-refractivity contribution is 0.162. The van der Waals surface area contributed by atoms with Gasteiger partial charge in [0.25, 0.3) is 0 Å². The van der Waals surface area contributed by atoms with Crippen LogP contribution in [0.1, 0.15) is 75.7 Å². The van der Waals surface area contributed by atoms with Crippen molar-refractivity contribution < 1.29 is 5.11 Å². The monoisotopic (exact) mass is 252 g/mol. The first-order valence-corrected chi connectivity index (χ1v) is 7.33. The van der Waals surface area contributed by atoms with E-state index in [0.29, 0.717) is 0 Å². The van der Waals surface area contributed by atoms with Gasteiger partial charge in [0.2, 0.25) is 0 Å². The van der Waals surface area contributed by atoms with Gasteiger partial charge in [0.1, 0.15) is 0 Å². The largest absolute Gasteiger partial charge is 0.388 e. The van der Waals surface area contributed by atoms with Gasteiger partial charge < -0.3 is 5.11 Å². The minimum Gasteiger partial charge on any atom is -0.388 e. The summed E-state index contributed by atoms with van der Waals surface area (Å²) in [5.41, 5.74) is 2.06. The van der Waals surface area contributed by atoms with Gasteiger partial charge in [-0.3, -0.25) is 4.68 Å². The Bertz CT molecular complexity index is 333. The molecule has 0 radical (unpaired) electrons. The molecule has 0 saturated carbocycles. The SMILES string of the molecule is CCCCCCCCCC(O)c1cnn(C)c1C. The predicted molar refractivity (Wildman–Crippen MR) is 75.5 cm³/mol. The van der Waals surface area contributed by atoms with Crippen molar-refractivity contribution in [1.82, 2.24) is 9.78 Å². The quantitative estimate of drug-likeness (QED) is 0.677. The first-order chi connectivity index (χ1) is 8.66. The Morgan fingerprint density at radius 3 is 2.33 bits per heavy atom. The summed E-state index contributed by atoms with van der Waals surface area (Å²) >= 11 is 0. The van der Waals surface area contributed by atoms with E-state index >= 15 is 0 Å². The van der Waals surface area contributed by atoms with Crippen LogP contribution in [0.2, 0.25) is 0 Å². The fourth-order valence-corrected chi connectivity index (χ4v) is 2.29. The van der Waals surface area contributed by atoms with Crippen LogP contribution in [0.4, 0.5) is 0 Å². The maximum Gasteiger partial charge on any atom is 0.0823 e. The maximum atomic E-state index is 10.1. The highest BCUT2D eigenvalue weighted by atomic mass is 16.3. The number of aliphatic hydroxyl groups excluding tert-OH is 1. The second kappa shape index (κ2) is 8.30. The van der Waals surface area contributed by atoms with E-state index < -0.39 is 0 Å². The number of aliphatic hydroxyl groups is 1. The molecular formula is C15H28N2O. The number of nitrogens with zero attached hydrogens (tertiary/aromatic N) is 2. The van der Waals surface area contributed by atoms with E-state index in [4.69, 9.17) is 0 Å². The van der Waals surface area contributed by atoms with Crippen molar-refractivity contribution in [3.8, 4) is 0 Å². The third-order valence-corrected chi connectivity index (χ3v) is 3.71. The van der Waals surface area contributed by atoms with E-state index in [9.17, 15) is 5.11 Å². The van der Waals surface area contributed by atoms with E-state index in [1.807, 2.05) is 18.7 Å². The minimum absolute atomic E-state index is 0.339. The zero-order valence-corrected chi connectivity index (χ0v) is 12.2. The lowest BCUT2D eigenvalue weighted by Crippen LogP contribution is -2.00. The van der Waals surface area contributed by atoms with E-state index in [0.717, 1.165) is 24.1 Å². The van der Waals surface area contributed by atoms with Gasteiger partial charge in [-0.15, -0.1) is 0 Å². The van der Waals surface area contributed by atoms with Crippen molar-refractivity contribution >= 4 is 0 Å². The standard InChI is InChI=1S/C15H28N2O/c1-4-5-6-7-8-9-10-11-15(18)14-12-16-17(3)13(14)2/h12,15,18H,4-11H2,1-3H3. The third kappa shape index (κ3) is 4.81. The highest BCUT2D eigenvalue weighted by Crippen LogP contribution is 2.22. The molecule has 0 amide bonds. The topological polar surface area (TPSA) is 38.1 Å².